The molecule has 0 bridgehead atoms. The van der Waals surface area contributed by atoms with Gasteiger partial charge >= 0.3 is 0 Å². The molecule has 1 aromatic carbocycles. The lowest BCUT2D eigenvalue weighted by Gasteiger charge is -2.57. The van der Waals surface area contributed by atoms with Gasteiger partial charge in [0.2, 0.25) is 0 Å². The summed E-state index contributed by atoms with van der Waals surface area (Å²) in [4.78, 5) is 0. The molecule has 4 fully saturated rings. The van der Waals surface area contributed by atoms with Crippen LogP contribution in [0, 0.1) is 46.8 Å². The lowest BCUT2D eigenvalue weighted by atomic mass is 9.49. The van der Waals surface area contributed by atoms with E-state index in [1.54, 1.807) is 0 Å². The van der Waals surface area contributed by atoms with Crippen LogP contribution in [0.1, 0.15) is 90.2 Å². The zero-order chi connectivity index (χ0) is 22.3. The molecule has 0 amide bonds. The van der Waals surface area contributed by atoms with Gasteiger partial charge in [0.1, 0.15) is 0 Å². The van der Waals surface area contributed by atoms with Crippen molar-refractivity contribution in [2.45, 2.75) is 90.6 Å². The van der Waals surface area contributed by atoms with Gasteiger partial charge in [0, 0.05) is 25.8 Å². The van der Waals surface area contributed by atoms with Crippen LogP contribution < -0.4 is 5.32 Å². The van der Waals surface area contributed by atoms with Crippen LogP contribution in [0.4, 0.5) is 0 Å². The predicted octanol–water partition coefficient (Wildman–Crippen LogP) is 7.26. The first-order valence-corrected chi connectivity index (χ1v) is 13.8. The second-order valence-electron chi connectivity index (χ2n) is 12.4. The number of hydrogen-bond acceptors (Lipinski definition) is 2. The maximum Gasteiger partial charge on any atom is 0.0490 e. The number of hydrogen-bond donors (Lipinski definition) is 1. The normalized spacial score (nSPS) is 43.1. The Morgan fingerprint density at radius 2 is 1.72 bits per heavy atom. The summed E-state index contributed by atoms with van der Waals surface area (Å²) in [6, 6.07) is 12.0. The van der Waals surface area contributed by atoms with Crippen molar-refractivity contribution in [3.63, 3.8) is 0 Å². The first-order chi connectivity index (χ1) is 15.5. The van der Waals surface area contributed by atoms with Crippen LogP contribution in [-0.4, -0.2) is 19.8 Å². The molecule has 32 heavy (non-hydrogen) atoms. The fourth-order valence-corrected chi connectivity index (χ4v) is 9.55. The standard InChI is InChI=1S/C30H47NO/c1-20(23-8-6-5-7-9-23)31-21(2)28-14-15-29-27-13-11-24-18-22(19-32-4)10-12-25(24)26(27)16-17-30(28,29)3/h5-9,20-22,24-29,31H,10-19H2,1-4H3/t20-,21-,22+,24-,25+,26-,27-,28?,29+,30-/m1/s1. The van der Waals surface area contributed by atoms with Crippen LogP contribution in [0.5, 0.6) is 0 Å². The van der Waals surface area contributed by atoms with Crippen LogP contribution in [-0.2, 0) is 4.74 Å². The average molecular weight is 438 g/mol. The van der Waals surface area contributed by atoms with Gasteiger partial charge < -0.3 is 10.1 Å². The molecule has 10 atom stereocenters. The summed E-state index contributed by atoms with van der Waals surface area (Å²) in [5.74, 6) is 6.70. The van der Waals surface area contributed by atoms with E-state index in [4.69, 9.17) is 4.74 Å². The lowest BCUT2D eigenvalue weighted by molar-refractivity contribution is -0.0748. The topological polar surface area (TPSA) is 21.3 Å². The van der Waals surface area contributed by atoms with E-state index in [-0.39, 0.29) is 0 Å². The van der Waals surface area contributed by atoms with Crippen LogP contribution in [0.2, 0.25) is 0 Å². The molecule has 0 heterocycles. The monoisotopic (exact) mass is 437 g/mol. The van der Waals surface area contributed by atoms with E-state index in [0.717, 1.165) is 48.0 Å². The van der Waals surface area contributed by atoms with Crippen LogP contribution in [0.3, 0.4) is 0 Å². The Morgan fingerprint density at radius 3 is 2.50 bits per heavy atom. The molecule has 1 unspecified atom stereocenters. The molecule has 2 nitrogen and oxygen atoms in total. The summed E-state index contributed by atoms with van der Waals surface area (Å²) < 4.78 is 5.52. The molecular weight excluding hydrogens is 390 g/mol. The summed E-state index contributed by atoms with van der Waals surface area (Å²) >= 11 is 0. The Hall–Kier alpha value is -0.860. The summed E-state index contributed by atoms with van der Waals surface area (Å²) in [5.41, 5.74) is 1.97. The predicted molar refractivity (Wildman–Crippen MR) is 133 cm³/mol. The molecular formula is C30H47NO. The molecule has 2 heteroatoms. The second-order valence-corrected chi connectivity index (χ2v) is 12.4. The summed E-state index contributed by atoms with van der Waals surface area (Å²) in [7, 11) is 1.89. The highest BCUT2D eigenvalue weighted by molar-refractivity contribution is 5.18. The molecule has 1 aromatic rings. The Labute approximate surface area is 197 Å². The van der Waals surface area contributed by atoms with Crippen molar-refractivity contribution in [3.05, 3.63) is 35.9 Å². The van der Waals surface area contributed by atoms with Gasteiger partial charge in [-0.3, -0.25) is 0 Å². The summed E-state index contributed by atoms with van der Waals surface area (Å²) in [6.45, 7) is 8.51. The SMILES string of the molecule is COC[C@H]1CC[C@H]2[C@H](CC[C@@H]3[C@@H]2CC[C@]2(C)C([C@@H](C)N[C@H](C)c4ccccc4)CC[C@@H]32)C1. The average Bonchev–Trinajstić information content (AvgIpc) is 3.17. The minimum absolute atomic E-state index is 0.433. The van der Waals surface area contributed by atoms with Gasteiger partial charge in [-0.25, -0.2) is 0 Å². The molecule has 0 aromatic heterocycles. The van der Waals surface area contributed by atoms with E-state index in [1.165, 1.54) is 63.4 Å². The first-order valence-electron chi connectivity index (χ1n) is 13.8. The molecule has 4 aliphatic rings. The highest BCUT2D eigenvalue weighted by atomic mass is 16.5. The van der Waals surface area contributed by atoms with E-state index in [0.29, 0.717) is 17.5 Å². The molecule has 4 aliphatic carbocycles. The third-order valence-electron chi connectivity index (χ3n) is 11.0. The Morgan fingerprint density at radius 1 is 0.938 bits per heavy atom. The number of benzene rings is 1. The molecule has 5 rings (SSSR count). The number of rotatable bonds is 6. The summed E-state index contributed by atoms with van der Waals surface area (Å²) in [6.07, 6.45) is 13.3. The van der Waals surface area contributed by atoms with E-state index >= 15 is 0 Å². The van der Waals surface area contributed by atoms with E-state index in [9.17, 15) is 0 Å². The van der Waals surface area contributed by atoms with Gasteiger partial charge in [-0.05, 0) is 124 Å². The smallest absolute Gasteiger partial charge is 0.0490 e. The maximum atomic E-state index is 5.52. The molecule has 178 valence electrons. The number of nitrogens with one attached hydrogen (secondary N) is 1. The first kappa shape index (κ1) is 22.9. The van der Waals surface area contributed by atoms with Gasteiger partial charge in [0.25, 0.3) is 0 Å². The van der Waals surface area contributed by atoms with E-state index in [2.05, 4.69) is 56.4 Å². The van der Waals surface area contributed by atoms with Gasteiger partial charge in [-0.2, -0.15) is 0 Å². The van der Waals surface area contributed by atoms with Gasteiger partial charge in [0.05, 0.1) is 0 Å². The Kier molecular flexibility index (Phi) is 6.74. The fraction of sp³-hybridized carbons (Fsp3) is 0.800. The van der Waals surface area contributed by atoms with Crippen molar-refractivity contribution in [3.8, 4) is 0 Å². The second kappa shape index (κ2) is 9.41. The fourth-order valence-electron chi connectivity index (χ4n) is 9.55. The molecule has 0 aliphatic heterocycles. The molecule has 1 N–H and O–H groups in total. The zero-order valence-corrected chi connectivity index (χ0v) is 21.1. The zero-order valence-electron chi connectivity index (χ0n) is 21.1. The highest BCUT2D eigenvalue weighted by Gasteiger charge is 2.57. The summed E-state index contributed by atoms with van der Waals surface area (Å²) in [5, 5.41) is 4.02. The highest BCUT2D eigenvalue weighted by Crippen LogP contribution is 2.65. The number of methoxy groups -OCH3 is 1. The van der Waals surface area contributed by atoms with Crippen LogP contribution in [0.25, 0.3) is 0 Å². The quantitative estimate of drug-likeness (QED) is 0.506. The van der Waals surface area contributed by atoms with Gasteiger partial charge in [-0.1, -0.05) is 37.3 Å². The largest absolute Gasteiger partial charge is 0.384 e. The van der Waals surface area contributed by atoms with Crippen molar-refractivity contribution in [1.82, 2.24) is 5.32 Å². The third-order valence-corrected chi connectivity index (χ3v) is 11.0. The van der Waals surface area contributed by atoms with Crippen molar-refractivity contribution in [1.29, 1.82) is 0 Å². The molecule has 0 saturated heterocycles. The van der Waals surface area contributed by atoms with E-state index < -0.39 is 0 Å². The van der Waals surface area contributed by atoms with Gasteiger partial charge in [-0.15, -0.1) is 0 Å². The Balaban J connectivity index is 1.25. The van der Waals surface area contributed by atoms with Crippen molar-refractivity contribution >= 4 is 0 Å². The lowest BCUT2D eigenvalue weighted by Crippen LogP contribution is -2.51. The van der Waals surface area contributed by atoms with Crippen molar-refractivity contribution in [2.75, 3.05) is 13.7 Å². The number of fused-ring (bicyclic) bond motifs is 5. The molecule has 4 saturated carbocycles. The van der Waals surface area contributed by atoms with Gasteiger partial charge in [0.15, 0.2) is 0 Å². The van der Waals surface area contributed by atoms with Crippen LogP contribution >= 0.6 is 0 Å². The van der Waals surface area contributed by atoms with E-state index in [1.807, 2.05) is 7.11 Å². The Bertz CT molecular complexity index is 748. The van der Waals surface area contributed by atoms with Crippen LogP contribution in [0.15, 0.2) is 30.3 Å². The van der Waals surface area contributed by atoms with Crippen molar-refractivity contribution in [2.24, 2.45) is 46.8 Å². The number of ether oxygens (including phenoxy) is 1. The minimum atomic E-state index is 0.433. The minimum Gasteiger partial charge on any atom is -0.384 e. The maximum absolute atomic E-state index is 5.52. The molecule has 0 spiro atoms. The molecule has 0 radical (unpaired) electrons. The third kappa shape index (κ3) is 4.09. The van der Waals surface area contributed by atoms with Crippen molar-refractivity contribution < 1.29 is 4.74 Å².